The highest BCUT2D eigenvalue weighted by Gasteiger charge is 2.32. The van der Waals surface area contributed by atoms with Crippen LogP contribution in [0.1, 0.15) is 5.82 Å². The molecular formula is C21H25F3N6O3. The lowest BCUT2D eigenvalue weighted by Crippen LogP contribution is -2.50. The second-order valence-electron chi connectivity index (χ2n) is 7.68. The molecule has 0 unspecified atom stereocenters. The Hall–Kier alpha value is -3.28. The number of carbonyl (C=O) groups excluding carboxylic acids is 1. The number of carbonyl (C=O) groups is 1. The molecule has 1 N–H and O–H groups in total. The van der Waals surface area contributed by atoms with E-state index >= 15 is 0 Å². The first-order chi connectivity index (χ1) is 15.8. The number of ether oxygens (including phenoxy) is 2. The minimum atomic E-state index is -4.85. The maximum absolute atomic E-state index is 12.7. The van der Waals surface area contributed by atoms with E-state index in [-0.39, 0.29) is 5.69 Å². The van der Waals surface area contributed by atoms with E-state index < -0.39 is 18.1 Å². The van der Waals surface area contributed by atoms with Gasteiger partial charge in [-0.15, -0.1) is 13.2 Å². The summed E-state index contributed by atoms with van der Waals surface area (Å²) in [5.41, 5.74) is -0.0381. The summed E-state index contributed by atoms with van der Waals surface area (Å²) in [5.74, 6) is 1.84. The van der Waals surface area contributed by atoms with Gasteiger partial charge in [-0.3, -0.25) is 0 Å². The third-order valence-corrected chi connectivity index (χ3v) is 5.39. The highest BCUT2D eigenvalue weighted by molar-refractivity contribution is 5.91. The molecule has 0 saturated carbocycles. The molecule has 9 nitrogen and oxygen atoms in total. The van der Waals surface area contributed by atoms with Crippen LogP contribution in [0.4, 0.5) is 35.3 Å². The molecule has 0 aliphatic carbocycles. The van der Waals surface area contributed by atoms with Crippen LogP contribution in [0.25, 0.3) is 0 Å². The lowest BCUT2D eigenvalue weighted by atomic mass is 10.3. The largest absolute Gasteiger partial charge is 0.573 e. The molecule has 0 bridgehead atoms. The van der Waals surface area contributed by atoms with Gasteiger partial charge in [0.25, 0.3) is 0 Å². The van der Waals surface area contributed by atoms with Crippen LogP contribution in [0.15, 0.2) is 30.3 Å². The Morgan fingerprint density at radius 1 is 1.00 bits per heavy atom. The number of nitrogens with one attached hydrogen (secondary N) is 1. The number of urea groups is 1. The SMILES string of the molecule is Cc1nc(N2CCOCC2)cc(N2CCN(C(=O)Nc3ccccc3OC(F)(F)F)CC2)n1. The number of hydrogen-bond acceptors (Lipinski definition) is 7. The zero-order valence-electron chi connectivity index (χ0n) is 18.1. The number of aryl methyl sites for hydroxylation is 1. The molecule has 2 amide bonds. The number of piperazine rings is 1. The van der Waals surface area contributed by atoms with Gasteiger partial charge in [-0.1, -0.05) is 12.1 Å². The molecule has 0 atom stereocenters. The molecule has 0 spiro atoms. The van der Waals surface area contributed by atoms with E-state index in [0.717, 1.165) is 30.8 Å². The highest BCUT2D eigenvalue weighted by Crippen LogP contribution is 2.30. The van der Waals surface area contributed by atoms with Gasteiger partial charge >= 0.3 is 12.4 Å². The Labute approximate surface area is 189 Å². The lowest BCUT2D eigenvalue weighted by molar-refractivity contribution is -0.274. The van der Waals surface area contributed by atoms with Gasteiger partial charge in [0, 0.05) is 45.3 Å². The first-order valence-electron chi connectivity index (χ1n) is 10.6. The van der Waals surface area contributed by atoms with Crippen molar-refractivity contribution in [2.75, 3.05) is 67.6 Å². The van der Waals surface area contributed by atoms with Crippen LogP contribution in [0.3, 0.4) is 0 Å². The van der Waals surface area contributed by atoms with Crippen LogP contribution in [0.5, 0.6) is 5.75 Å². The summed E-state index contributed by atoms with van der Waals surface area (Å²) in [6.45, 7) is 6.55. The smallest absolute Gasteiger partial charge is 0.404 e. The minimum absolute atomic E-state index is 0.0381. The summed E-state index contributed by atoms with van der Waals surface area (Å²) < 4.78 is 47.3. The third kappa shape index (κ3) is 5.95. The van der Waals surface area contributed by atoms with Crippen molar-refractivity contribution >= 4 is 23.4 Å². The number of nitrogens with zero attached hydrogens (tertiary/aromatic N) is 5. The van der Waals surface area contributed by atoms with Crippen molar-refractivity contribution in [3.63, 3.8) is 0 Å². The Morgan fingerprint density at radius 3 is 2.24 bits per heavy atom. The summed E-state index contributed by atoms with van der Waals surface area (Å²) in [7, 11) is 0. The number of aromatic nitrogens is 2. The first-order valence-corrected chi connectivity index (χ1v) is 10.6. The molecule has 2 aromatic rings. The maximum Gasteiger partial charge on any atom is 0.573 e. The van der Waals surface area contributed by atoms with Gasteiger partial charge in [-0.05, 0) is 19.1 Å². The molecule has 0 radical (unpaired) electrons. The fourth-order valence-electron chi connectivity index (χ4n) is 3.77. The second kappa shape index (κ2) is 9.69. The molecule has 3 heterocycles. The number of morpholine rings is 1. The molecule has 1 aromatic carbocycles. The number of amides is 2. The van der Waals surface area contributed by atoms with Gasteiger partial charge in [0.05, 0.1) is 18.9 Å². The van der Waals surface area contributed by atoms with Gasteiger partial charge in [0.15, 0.2) is 5.75 Å². The van der Waals surface area contributed by atoms with Gasteiger partial charge < -0.3 is 29.5 Å². The number of para-hydroxylation sites is 2. The molecule has 12 heteroatoms. The zero-order chi connectivity index (χ0) is 23.4. The fraction of sp³-hybridized carbons (Fsp3) is 0.476. The van der Waals surface area contributed by atoms with Gasteiger partial charge in [-0.2, -0.15) is 0 Å². The van der Waals surface area contributed by atoms with E-state index in [1.807, 2.05) is 13.0 Å². The zero-order valence-corrected chi connectivity index (χ0v) is 18.1. The Balaban J connectivity index is 1.38. The van der Waals surface area contributed by atoms with Crippen molar-refractivity contribution in [2.45, 2.75) is 13.3 Å². The predicted molar refractivity (Wildman–Crippen MR) is 116 cm³/mol. The monoisotopic (exact) mass is 466 g/mol. The number of halogens is 3. The van der Waals surface area contributed by atoms with E-state index in [9.17, 15) is 18.0 Å². The molecule has 2 aliphatic rings. The van der Waals surface area contributed by atoms with Gasteiger partial charge in [-0.25, -0.2) is 14.8 Å². The molecule has 2 fully saturated rings. The predicted octanol–water partition coefficient (Wildman–Crippen LogP) is 2.87. The summed E-state index contributed by atoms with van der Waals surface area (Å²) >= 11 is 0. The summed E-state index contributed by atoms with van der Waals surface area (Å²) in [6.07, 6.45) is -4.85. The topological polar surface area (TPSA) is 83.1 Å². The minimum Gasteiger partial charge on any atom is -0.404 e. The van der Waals surface area contributed by atoms with Crippen molar-refractivity contribution in [2.24, 2.45) is 0 Å². The fourth-order valence-corrected chi connectivity index (χ4v) is 3.77. The number of hydrogen-bond donors (Lipinski definition) is 1. The molecule has 4 rings (SSSR count). The van der Waals surface area contributed by atoms with Crippen molar-refractivity contribution < 1.29 is 27.4 Å². The van der Waals surface area contributed by atoms with Crippen molar-refractivity contribution in [3.8, 4) is 5.75 Å². The van der Waals surface area contributed by atoms with E-state index in [1.165, 1.54) is 18.2 Å². The number of benzene rings is 1. The van der Waals surface area contributed by atoms with E-state index in [2.05, 4.69) is 29.8 Å². The molecule has 2 saturated heterocycles. The summed E-state index contributed by atoms with van der Waals surface area (Å²) in [5, 5.41) is 2.52. The van der Waals surface area contributed by atoms with Crippen LogP contribution in [0.2, 0.25) is 0 Å². The number of rotatable bonds is 4. The molecule has 1 aromatic heterocycles. The molecular weight excluding hydrogens is 441 g/mol. The number of anilines is 3. The Bertz CT molecular complexity index is 976. The van der Waals surface area contributed by atoms with E-state index in [4.69, 9.17) is 4.74 Å². The Kier molecular flexibility index (Phi) is 6.72. The molecule has 178 valence electrons. The Morgan fingerprint density at radius 2 is 1.61 bits per heavy atom. The summed E-state index contributed by atoms with van der Waals surface area (Å²) in [6, 6.07) is 6.92. The van der Waals surface area contributed by atoms with Crippen molar-refractivity contribution in [3.05, 3.63) is 36.2 Å². The number of alkyl halides is 3. The van der Waals surface area contributed by atoms with Crippen molar-refractivity contribution in [1.82, 2.24) is 14.9 Å². The van der Waals surface area contributed by atoms with Crippen LogP contribution in [-0.2, 0) is 4.74 Å². The normalized spacial score (nSPS) is 17.2. The standard InChI is InChI=1S/C21H25F3N6O3/c1-15-25-18(14-19(26-15)29-10-12-32-13-11-29)28-6-8-30(9-7-28)20(31)27-16-4-2-3-5-17(16)33-21(22,23)24/h2-5,14H,6-13H2,1H3,(H,27,31). The van der Waals surface area contributed by atoms with E-state index in [1.54, 1.807) is 4.90 Å². The van der Waals surface area contributed by atoms with Gasteiger partial charge in [0.2, 0.25) is 0 Å². The summed E-state index contributed by atoms with van der Waals surface area (Å²) in [4.78, 5) is 27.5. The van der Waals surface area contributed by atoms with Gasteiger partial charge in [0.1, 0.15) is 17.5 Å². The molecule has 33 heavy (non-hydrogen) atoms. The first kappa shape index (κ1) is 22.9. The van der Waals surface area contributed by atoms with Crippen LogP contribution >= 0.6 is 0 Å². The maximum atomic E-state index is 12.7. The van der Waals surface area contributed by atoms with Crippen LogP contribution in [0, 0.1) is 6.92 Å². The van der Waals surface area contributed by atoms with Crippen molar-refractivity contribution in [1.29, 1.82) is 0 Å². The average molecular weight is 466 g/mol. The quantitative estimate of drug-likeness (QED) is 0.742. The lowest BCUT2D eigenvalue weighted by Gasteiger charge is -2.36. The third-order valence-electron chi connectivity index (χ3n) is 5.39. The average Bonchev–Trinajstić information content (AvgIpc) is 2.80. The molecule has 2 aliphatic heterocycles. The van der Waals surface area contributed by atoms with Crippen LogP contribution in [-0.4, -0.2) is 79.7 Å². The van der Waals surface area contributed by atoms with Crippen LogP contribution < -0.4 is 19.9 Å². The highest BCUT2D eigenvalue weighted by atomic mass is 19.4. The van der Waals surface area contributed by atoms with E-state index in [0.29, 0.717) is 45.2 Å². The second-order valence-corrected chi connectivity index (χ2v) is 7.68.